The predicted molar refractivity (Wildman–Crippen MR) is 178 cm³/mol. The fraction of sp³-hybridized carbons (Fsp3) is 0.103. The monoisotopic (exact) mass is 682 g/mol. The van der Waals surface area contributed by atoms with Crippen molar-refractivity contribution in [3.05, 3.63) is 135 Å². The first-order valence-electron chi connectivity index (χ1n) is 14.7. The third-order valence-corrected chi connectivity index (χ3v) is 9.32. The third kappa shape index (κ3) is 4.91. The lowest BCUT2D eigenvalue weighted by molar-refractivity contribution is -0.326. The SMILES string of the molecule is Cc1ccc(-c2cnc3c(c2)c2cc(-c4ccc(C=N)cc4C)cnc2n3-c2ccc(-c3ccc(C)cc3[I-])cc2)c(C)c1. The minimum atomic E-state index is 0.875. The second-order valence-electron chi connectivity index (χ2n) is 11.6. The van der Waals surface area contributed by atoms with Crippen LogP contribution in [0, 0.1) is 36.7 Å². The van der Waals surface area contributed by atoms with Gasteiger partial charge in [-0.15, -0.1) is 0 Å². The molecule has 44 heavy (non-hydrogen) atoms. The van der Waals surface area contributed by atoms with Crippen molar-refractivity contribution >= 4 is 28.3 Å². The van der Waals surface area contributed by atoms with Crippen LogP contribution in [0.1, 0.15) is 27.8 Å². The number of hydrogen-bond acceptors (Lipinski definition) is 3. The zero-order valence-electron chi connectivity index (χ0n) is 25.1. The van der Waals surface area contributed by atoms with Gasteiger partial charge in [0.25, 0.3) is 0 Å². The molecule has 1 N–H and O–H groups in total. The number of fused-ring (bicyclic) bond motifs is 3. The highest BCUT2D eigenvalue weighted by molar-refractivity contribution is 6.09. The van der Waals surface area contributed by atoms with Gasteiger partial charge in [0.05, 0.1) is 0 Å². The average molecular weight is 683 g/mol. The van der Waals surface area contributed by atoms with Crippen molar-refractivity contribution in [1.29, 1.82) is 5.41 Å². The maximum absolute atomic E-state index is 7.65. The van der Waals surface area contributed by atoms with Gasteiger partial charge in [-0.1, -0.05) is 71.8 Å². The molecule has 215 valence electrons. The normalized spacial score (nSPS) is 11.4. The van der Waals surface area contributed by atoms with E-state index in [1.807, 2.05) is 24.5 Å². The van der Waals surface area contributed by atoms with Crippen molar-refractivity contribution < 1.29 is 22.6 Å². The summed E-state index contributed by atoms with van der Waals surface area (Å²) in [6.07, 6.45) is 5.33. The molecule has 1 radical (unpaired) electrons. The van der Waals surface area contributed by atoms with Gasteiger partial charge < -0.3 is 28.0 Å². The van der Waals surface area contributed by atoms with Gasteiger partial charge in [-0.25, -0.2) is 9.97 Å². The number of aromatic nitrogens is 3. The molecule has 7 rings (SSSR count). The van der Waals surface area contributed by atoms with Crippen LogP contribution in [0.5, 0.6) is 0 Å². The first-order valence-corrected chi connectivity index (χ1v) is 15.7. The quantitative estimate of drug-likeness (QED) is 0.166. The molecular formula is C39H31IN4-. The molecule has 4 aromatic carbocycles. The van der Waals surface area contributed by atoms with E-state index in [1.165, 1.54) is 43.2 Å². The molecule has 0 aliphatic heterocycles. The van der Waals surface area contributed by atoms with E-state index in [2.05, 4.69) is 134 Å². The Balaban J connectivity index is 1.44. The Labute approximate surface area is 271 Å². The summed E-state index contributed by atoms with van der Waals surface area (Å²) >= 11 is 2.42. The van der Waals surface area contributed by atoms with Crippen LogP contribution in [0.25, 0.3) is 61.1 Å². The Morgan fingerprint density at radius 3 is 1.68 bits per heavy atom. The van der Waals surface area contributed by atoms with Crippen molar-refractivity contribution in [2.45, 2.75) is 27.7 Å². The van der Waals surface area contributed by atoms with Crippen LogP contribution in [0.4, 0.5) is 0 Å². The zero-order valence-corrected chi connectivity index (χ0v) is 27.3. The molecule has 0 bridgehead atoms. The summed E-state index contributed by atoms with van der Waals surface area (Å²) in [5, 5.41) is 9.78. The molecule has 0 fully saturated rings. The van der Waals surface area contributed by atoms with E-state index in [0.29, 0.717) is 0 Å². The summed E-state index contributed by atoms with van der Waals surface area (Å²) in [5.74, 6) is 0. The molecule has 3 heterocycles. The Kier molecular flexibility index (Phi) is 7.13. The molecule has 0 unspecified atom stereocenters. The molecule has 0 aliphatic carbocycles. The van der Waals surface area contributed by atoms with Crippen LogP contribution < -0.4 is 22.6 Å². The summed E-state index contributed by atoms with van der Waals surface area (Å²) in [4.78, 5) is 10.1. The Morgan fingerprint density at radius 2 is 1.14 bits per heavy atom. The van der Waals surface area contributed by atoms with Crippen LogP contribution >= 0.6 is 0 Å². The zero-order chi connectivity index (χ0) is 30.5. The largest absolute Gasteiger partial charge is 0.758 e. The van der Waals surface area contributed by atoms with Gasteiger partial charge in [0, 0.05) is 46.2 Å². The van der Waals surface area contributed by atoms with Crippen LogP contribution in [0.15, 0.2) is 103 Å². The standard InChI is InChI=1S/C39H31IN4/c1-23-5-12-32(25(3)15-23)29-18-35-36-19-30(33-14-7-27(20-41)17-26(33)4)22-43-39(36)44(38(35)42-21-29)31-10-8-28(9-11-31)34-13-6-24(2)16-37(34)40/h5-22,41H,1-4H3/q-1. The molecule has 0 saturated carbocycles. The number of nitrogens with zero attached hydrogens (tertiary/aromatic N) is 3. The summed E-state index contributed by atoms with van der Waals surface area (Å²) in [6, 6.07) is 32.5. The lowest BCUT2D eigenvalue weighted by atomic mass is 9.98. The van der Waals surface area contributed by atoms with Gasteiger partial charge in [-0.3, -0.25) is 4.57 Å². The number of halogens is 1. The van der Waals surface area contributed by atoms with Gasteiger partial charge in [-0.05, 0) is 97.0 Å². The van der Waals surface area contributed by atoms with E-state index < -0.39 is 0 Å². The lowest BCUT2D eigenvalue weighted by Gasteiger charge is -2.16. The average Bonchev–Trinajstić information content (AvgIpc) is 3.34. The summed E-state index contributed by atoms with van der Waals surface area (Å²) < 4.78 is 3.42. The van der Waals surface area contributed by atoms with E-state index >= 15 is 0 Å². The Bertz CT molecular complexity index is 2240. The van der Waals surface area contributed by atoms with E-state index in [4.69, 9.17) is 15.4 Å². The highest BCUT2D eigenvalue weighted by atomic mass is 127. The van der Waals surface area contributed by atoms with Crippen molar-refractivity contribution in [1.82, 2.24) is 14.5 Å². The van der Waals surface area contributed by atoms with E-state index in [1.54, 1.807) is 0 Å². The maximum atomic E-state index is 7.65. The molecule has 5 heteroatoms. The fourth-order valence-electron chi connectivity index (χ4n) is 6.19. The van der Waals surface area contributed by atoms with Gasteiger partial charge in [0.15, 0.2) is 0 Å². The van der Waals surface area contributed by atoms with Gasteiger partial charge in [0.2, 0.25) is 0 Å². The van der Waals surface area contributed by atoms with Gasteiger partial charge in [0.1, 0.15) is 11.3 Å². The number of pyridine rings is 2. The number of aryl methyl sites for hydroxylation is 4. The van der Waals surface area contributed by atoms with Crippen LogP contribution in [0.3, 0.4) is 0 Å². The van der Waals surface area contributed by atoms with Crippen LogP contribution in [-0.2, 0) is 0 Å². The first-order chi connectivity index (χ1) is 21.3. The molecular weight excluding hydrogens is 651 g/mol. The molecule has 3 aromatic heterocycles. The second-order valence-corrected chi connectivity index (χ2v) is 12.8. The van der Waals surface area contributed by atoms with Crippen LogP contribution in [0.2, 0.25) is 0 Å². The van der Waals surface area contributed by atoms with Gasteiger partial charge in [-0.2, -0.15) is 3.57 Å². The van der Waals surface area contributed by atoms with Crippen LogP contribution in [-0.4, -0.2) is 20.7 Å². The molecule has 0 aliphatic rings. The van der Waals surface area contributed by atoms with E-state index in [9.17, 15) is 0 Å². The smallest absolute Gasteiger partial charge is 0.146 e. The molecule has 0 atom stereocenters. The molecule has 0 saturated heterocycles. The lowest BCUT2D eigenvalue weighted by Crippen LogP contribution is -3.34. The van der Waals surface area contributed by atoms with Crippen molar-refractivity contribution in [2.24, 2.45) is 0 Å². The van der Waals surface area contributed by atoms with Gasteiger partial charge >= 0.3 is 0 Å². The predicted octanol–water partition coefficient (Wildman–Crippen LogP) is 6.53. The summed E-state index contributed by atoms with van der Waals surface area (Å²) in [6.45, 7) is 8.50. The van der Waals surface area contributed by atoms with E-state index in [-0.39, 0.29) is 0 Å². The van der Waals surface area contributed by atoms with E-state index in [0.717, 1.165) is 55.6 Å². The molecule has 0 amide bonds. The first kappa shape index (κ1) is 28.2. The summed E-state index contributed by atoms with van der Waals surface area (Å²) in [7, 11) is 0. The number of hydrogen-bond donors (Lipinski definition) is 1. The van der Waals surface area contributed by atoms with Crippen molar-refractivity contribution in [3.8, 4) is 39.1 Å². The Morgan fingerprint density at radius 1 is 0.591 bits per heavy atom. The topological polar surface area (TPSA) is 54.6 Å². The Hall–Kier alpha value is -4.62. The maximum Gasteiger partial charge on any atom is 0.146 e. The summed E-state index contributed by atoms with van der Waals surface area (Å²) in [5.41, 5.74) is 15.4. The highest BCUT2D eigenvalue weighted by Crippen LogP contribution is 2.36. The minimum Gasteiger partial charge on any atom is -0.758 e. The highest BCUT2D eigenvalue weighted by Gasteiger charge is 2.18. The number of benzene rings is 4. The van der Waals surface area contributed by atoms with Crippen molar-refractivity contribution in [3.63, 3.8) is 0 Å². The minimum absolute atomic E-state index is 0.875. The number of nitrogens with one attached hydrogen (secondary N) is 1. The fourth-order valence-corrected chi connectivity index (χ4v) is 7.17. The second kappa shape index (κ2) is 11.1. The molecule has 4 nitrogen and oxygen atoms in total. The molecule has 0 spiro atoms. The van der Waals surface area contributed by atoms with Crippen molar-refractivity contribution in [2.75, 3.05) is 0 Å². The number of rotatable bonds is 5. The molecule has 7 aromatic rings. The third-order valence-electron chi connectivity index (χ3n) is 8.43.